The smallest absolute Gasteiger partial charge is 0.338 e. The molecule has 0 aliphatic carbocycles. The van der Waals surface area contributed by atoms with E-state index in [9.17, 15) is 4.79 Å². The Morgan fingerprint density at radius 3 is 2.10 bits per heavy atom. The van der Waals surface area contributed by atoms with Crippen LogP contribution in [0.15, 0.2) is 58.9 Å². The van der Waals surface area contributed by atoms with E-state index in [0.717, 1.165) is 11.1 Å². The summed E-state index contributed by atoms with van der Waals surface area (Å²) in [6.07, 6.45) is 0. The van der Waals surface area contributed by atoms with Crippen LogP contribution >= 0.6 is 0 Å². The minimum Gasteiger partial charge on any atom is -0.462 e. The van der Waals surface area contributed by atoms with Crippen LogP contribution in [0.1, 0.15) is 17.3 Å². The highest BCUT2D eigenvalue weighted by Gasteiger charge is 2.06. The van der Waals surface area contributed by atoms with Crippen molar-refractivity contribution < 1.29 is 14.7 Å². The van der Waals surface area contributed by atoms with Crippen LogP contribution in [0.2, 0.25) is 0 Å². The van der Waals surface area contributed by atoms with Gasteiger partial charge in [-0.1, -0.05) is 24.3 Å². The number of rotatable bonds is 4. The van der Waals surface area contributed by atoms with Crippen molar-refractivity contribution in [2.75, 3.05) is 6.61 Å². The molecule has 0 aliphatic rings. The van der Waals surface area contributed by atoms with E-state index in [-0.39, 0.29) is 5.97 Å². The average Bonchev–Trinajstić information content (AvgIpc) is 2.49. The number of hydrogen-bond acceptors (Lipinski definition) is 4. The molecule has 0 bridgehead atoms. The van der Waals surface area contributed by atoms with Gasteiger partial charge in [-0.3, -0.25) is 0 Å². The van der Waals surface area contributed by atoms with Gasteiger partial charge in [-0.2, -0.15) is 0 Å². The molecule has 2 rings (SSSR count). The van der Waals surface area contributed by atoms with E-state index >= 15 is 0 Å². The zero-order chi connectivity index (χ0) is 14.4. The number of carbonyl (C=O) groups is 1. The summed E-state index contributed by atoms with van der Waals surface area (Å²) in [7, 11) is 0. The number of carbonyl (C=O) groups excluding carboxylic acids is 1. The van der Waals surface area contributed by atoms with Gasteiger partial charge in [0, 0.05) is 5.28 Å². The van der Waals surface area contributed by atoms with E-state index in [0.29, 0.717) is 17.9 Å². The second-order valence-corrected chi connectivity index (χ2v) is 4.03. The van der Waals surface area contributed by atoms with Crippen LogP contribution in [-0.4, -0.2) is 17.8 Å². The van der Waals surface area contributed by atoms with Crippen molar-refractivity contribution in [2.45, 2.75) is 6.92 Å². The van der Waals surface area contributed by atoms with Gasteiger partial charge >= 0.3 is 5.97 Å². The fraction of sp³-hybridized carbons (Fsp3) is 0.133. The first-order valence-electron chi connectivity index (χ1n) is 6.17. The molecule has 2 aromatic rings. The quantitative estimate of drug-likeness (QED) is 0.518. The lowest BCUT2D eigenvalue weighted by molar-refractivity contribution is 0.0526. The Morgan fingerprint density at radius 2 is 1.60 bits per heavy atom. The molecule has 0 amide bonds. The molecule has 0 aromatic heterocycles. The van der Waals surface area contributed by atoms with Crippen LogP contribution in [0.5, 0.6) is 0 Å². The minimum absolute atomic E-state index is 0.322. The molecule has 2 aromatic carbocycles. The maximum absolute atomic E-state index is 11.5. The van der Waals surface area contributed by atoms with Gasteiger partial charge in [-0.15, -0.1) is 5.11 Å². The third-order valence-corrected chi connectivity index (χ3v) is 2.76. The van der Waals surface area contributed by atoms with Crippen LogP contribution in [-0.2, 0) is 4.74 Å². The van der Waals surface area contributed by atoms with E-state index in [1.54, 1.807) is 31.2 Å². The predicted octanol–water partition coefficient (Wildman–Crippen LogP) is 4.00. The van der Waals surface area contributed by atoms with Crippen molar-refractivity contribution in [1.82, 2.24) is 0 Å². The lowest BCUT2D eigenvalue weighted by Crippen LogP contribution is -2.03. The largest absolute Gasteiger partial charge is 0.462 e. The fourth-order valence-corrected chi connectivity index (χ4v) is 1.79. The first-order valence-corrected chi connectivity index (χ1v) is 6.17. The van der Waals surface area contributed by atoms with Gasteiger partial charge < -0.3 is 9.94 Å². The van der Waals surface area contributed by atoms with Crippen LogP contribution < -0.4 is 0 Å². The summed E-state index contributed by atoms with van der Waals surface area (Å²) in [6, 6.07) is 14.4. The van der Waals surface area contributed by atoms with Crippen LogP contribution in [0, 0.1) is 0 Å². The first-order chi connectivity index (χ1) is 9.74. The predicted molar refractivity (Wildman–Crippen MR) is 74.1 cm³/mol. The second kappa shape index (κ2) is 6.47. The third kappa shape index (κ3) is 3.20. The molecule has 0 heterocycles. The fourth-order valence-electron chi connectivity index (χ4n) is 1.79. The summed E-state index contributed by atoms with van der Waals surface area (Å²) in [4.78, 5) is 11.5. The second-order valence-electron chi connectivity index (χ2n) is 4.03. The zero-order valence-corrected chi connectivity index (χ0v) is 11.0. The number of benzene rings is 2. The Hall–Kier alpha value is -2.69. The number of esters is 1. The summed E-state index contributed by atoms with van der Waals surface area (Å²) >= 11 is 0. The van der Waals surface area contributed by atoms with Gasteiger partial charge in [0.2, 0.25) is 0 Å². The Kier molecular flexibility index (Phi) is 4.44. The van der Waals surface area contributed by atoms with Crippen molar-refractivity contribution in [2.24, 2.45) is 10.4 Å². The summed E-state index contributed by atoms with van der Waals surface area (Å²) < 4.78 is 4.93. The molecule has 0 unspecified atom stereocenters. The molecular formula is C15H14N2O3. The topological polar surface area (TPSA) is 71.2 Å². The van der Waals surface area contributed by atoms with Crippen molar-refractivity contribution >= 4 is 11.7 Å². The Balaban J connectivity index is 2.19. The number of ether oxygens (including phenoxy) is 1. The normalized spacial score (nSPS) is 10.7. The van der Waals surface area contributed by atoms with E-state index in [1.807, 2.05) is 24.3 Å². The average molecular weight is 270 g/mol. The van der Waals surface area contributed by atoms with E-state index < -0.39 is 0 Å². The van der Waals surface area contributed by atoms with E-state index in [4.69, 9.17) is 9.94 Å². The lowest BCUT2D eigenvalue weighted by atomic mass is 10.0. The highest BCUT2D eigenvalue weighted by molar-refractivity contribution is 5.90. The molecule has 20 heavy (non-hydrogen) atoms. The molecule has 1 N–H and O–H groups in total. The van der Waals surface area contributed by atoms with Gasteiger partial charge in [-0.05, 0) is 42.3 Å². The Labute approximate surface area is 116 Å². The van der Waals surface area contributed by atoms with Crippen LogP contribution in [0.25, 0.3) is 11.1 Å². The van der Waals surface area contributed by atoms with Gasteiger partial charge in [0.15, 0.2) is 0 Å². The zero-order valence-electron chi connectivity index (χ0n) is 11.0. The Bertz CT molecular complexity index is 604. The number of nitrogens with zero attached hydrogens (tertiary/aromatic N) is 2. The number of hydrogen-bond donors (Lipinski definition) is 1. The minimum atomic E-state index is -0.322. The van der Waals surface area contributed by atoms with Crippen molar-refractivity contribution in [3.8, 4) is 11.1 Å². The molecule has 102 valence electrons. The molecule has 0 atom stereocenters. The van der Waals surface area contributed by atoms with E-state index in [2.05, 4.69) is 10.4 Å². The Morgan fingerprint density at radius 1 is 1.05 bits per heavy atom. The molecule has 0 aliphatic heterocycles. The van der Waals surface area contributed by atoms with Crippen molar-refractivity contribution in [1.29, 1.82) is 0 Å². The molecule has 0 saturated heterocycles. The maximum atomic E-state index is 11.5. The molecule has 5 heteroatoms. The summed E-state index contributed by atoms with van der Waals surface area (Å²) in [6.45, 7) is 2.14. The summed E-state index contributed by atoms with van der Waals surface area (Å²) in [5.74, 6) is -0.322. The van der Waals surface area contributed by atoms with E-state index in [1.165, 1.54) is 0 Å². The van der Waals surface area contributed by atoms with Crippen molar-refractivity contribution in [3.63, 3.8) is 0 Å². The van der Waals surface area contributed by atoms with Gasteiger partial charge in [-0.25, -0.2) is 4.79 Å². The van der Waals surface area contributed by atoms with Crippen LogP contribution in [0.3, 0.4) is 0 Å². The summed E-state index contributed by atoms with van der Waals surface area (Å²) in [5, 5.41) is 14.6. The maximum Gasteiger partial charge on any atom is 0.338 e. The third-order valence-electron chi connectivity index (χ3n) is 2.76. The highest BCUT2D eigenvalue weighted by atomic mass is 16.5. The van der Waals surface area contributed by atoms with Crippen LogP contribution in [0.4, 0.5) is 5.69 Å². The van der Waals surface area contributed by atoms with Gasteiger partial charge in [0.05, 0.1) is 17.9 Å². The van der Waals surface area contributed by atoms with Gasteiger partial charge in [0.1, 0.15) is 0 Å². The lowest BCUT2D eigenvalue weighted by Gasteiger charge is -2.04. The summed E-state index contributed by atoms with van der Waals surface area (Å²) in [5.41, 5.74) is 3.06. The SMILES string of the molecule is CCOC(=O)c1ccc(-c2ccc(N=NO)cc2)cc1. The molecule has 0 radical (unpaired) electrons. The standard InChI is InChI=1S/C15H14N2O3/c1-2-20-15(18)13-5-3-11(4-6-13)12-7-9-14(10-8-12)16-17-19/h3-10H,2H2,1H3,(H,16,19). The molecule has 5 nitrogen and oxygen atoms in total. The first kappa shape index (κ1) is 13.7. The van der Waals surface area contributed by atoms with Gasteiger partial charge in [0.25, 0.3) is 0 Å². The molecular weight excluding hydrogens is 256 g/mol. The molecule has 0 spiro atoms. The monoisotopic (exact) mass is 270 g/mol. The molecule has 0 saturated carbocycles. The molecule has 0 fully saturated rings. The van der Waals surface area contributed by atoms with Crippen molar-refractivity contribution in [3.05, 3.63) is 54.1 Å². The highest BCUT2D eigenvalue weighted by Crippen LogP contribution is 2.23.